The van der Waals surface area contributed by atoms with E-state index in [1.807, 2.05) is 41.6 Å². The fourth-order valence-electron chi connectivity index (χ4n) is 1.82. The van der Waals surface area contributed by atoms with Crippen molar-refractivity contribution in [3.8, 4) is 0 Å². The lowest BCUT2D eigenvalue weighted by Gasteiger charge is -2.21. The van der Waals surface area contributed by atoms with Crippen molar-refractivity contribution in [2.24, 2.45) is 0 Å². The highest BCUT2D eigenvalue weighted by atomic mass is 16.1. The van der Waals surface area contributed by atoms with Crippen LogP contribution in [0.25, 0.3) is 0 Å². The Balaban J connectivity index is 2.07. The average molecular weight is 228 g/mol. The first-order valence-corrected chi connectivity index (χ1v) is 5.68. The Morgan fingerprint density at radius 1 is 1.35 bits per heavy atom. The van der Waals surface area contributed by atoms with E-state index in [2.05, 4.69) is 17.4 Å². The van der Waals surface area contributed by atoms with Crippen LogP contribution in [-0.2, 0) is 11.3 Å². The number of rotatable bonds is 3. The van der Waals surface area contributed by atoms with Crippen molar-refractivity contribution in [2.75, 3.05) is 7.05 Å². The van der Waals surface area contributed by atoms with Gasteiger partial charge in [0.05, 0.1) is 0 Å². The van der Waals surface area contributed by atoms with E-state index < -0.39 is 0 Å². The number of carbonyl (C=O) groups is 1. The second-order valence-corrected chi connectivity index (χ2v) is 3.98. The number of hydrogen-bond donors (Lipinski definition) is 1. The summed E-state index contributed by atoms with van der Waals surface area (Å²) >= 11 is 0. The molecular formula is C14H16N2O. The van der Waals surface area contributed by atoms with Gasteiger partial charge in [0.15, 0.2) is 0 Å². The van der Waals surface area contributed by atoms with Crippen LogP contribution in [0.1, 0.15) is 12.0 Å². The standard InChI is InChI=1S/C14H16N2O/c1-15-14(17)13-8-5-9-16(11-13)10-12-6-3-2-4-7-12/h2-7,9,11H,8,10H2,1H3,(H,15,17). The molecule has 0 unspecified atom stereocenters. The van der Waals surface area contributed by atoms with E-state index in [4.69, 9.17) is 0 Å². The summed E-state index contributed by atoms with van der Waals surface area (Å²) in [5, 5.41) is 2.65. The van der Waals surface area contributed by atoms with Crippen molar-refractivity contribution in [1.29, 1.82) is 0 Å². The van der Waals surface area contributed by atoms with Gasteiger partial charge in [-0.25, -0.2) is 0 Å². The van der Waals surface area contributed by atoms with E-state index in [-0.39, 0.29) is 5.91 Å². The third-order valence-electron chi connectivity index (χ3n) is 2.68. The van der Waals surface area contributed by atoms with Gasteiger partial charge in [-0.1, -0.05) is 36.4 Å². The minimum Gasteiger partial charge on any atom is -0.355 e. The molecule has 0 bridgehead atoms. The van der Waals surface area contributed by atoms with Gasteiger partial charge in [-0.15, -0.1) is 0 Å². The molecule has 0 aliphatic carbocycles. The summed E-state index contributed by atoms with van der Waals surface area (Å²) in [5.74, 6) is -0.00703. The molecule has 0 aromatic heterocycles. The molecule has 1 aliphatic heterocycles. The van der Waals surface area contributed by atoms with E-state index in [1.54, 1.807) is 7.05 Å². The SMILES string of the molecule is CNC(=O)C1=CN(Cc2ccccc2)C=CC1. The Bertz CT molecular complexity index is 449. The first kappa shape index (κ1) is 11.5. The number of carbonyl (C=O) groups excluding carboxylic acids is 1. The lowest BCUT2D eigenvalue weighted by Crippen LogP contribution is -2.23. The van der Waals surface area contributed by atoms with Crippen molar-refractivity contribution < 1.29 is 4.79 Å². The number of benzene rings is 1. The predicted molar refractivity (Wildman–Crippen MR) is 67.9 cm³/mol. The molecule has 1 amide bonds. The van der Waals surface area contributed by atoms with Crippen LogP contribution in [0.5, 0.6) is 0 Å². The molecule has 0 spiro atoms. The van der Waals surface area contributed by atoms with Gasteiger partial charge in [0, 0.05) is 31.6 Å². The molecule has 1 heterocycles. The molecule has 1 aromatic rings. The molecule has 1 N–H and O–H groups in total. The second-order valence-electron chi connectivity index (χ2n) is 3.98. The van der Waals surface area contributed by atoms with Gasteiger partial charge in [-0.05, 0) is 12.0 Å². The van der Waals surface area contributed by atoms with Crippen molar-refractivity contribution in [1.82, 2.24) is 10.2 Å². The maximum Gasteiger partial charge on any atom is 0.248 e. The largest absolute Gasteiger partial charge is 0.355 e. The van der Waals surface area contributed by atoms with Crippen LogP contribution in [0.2, 0.25) is 0 Å². The minimum atomic E-state index is -0.00703. The van der Waals surface area contributed by atoms with Crippen molar-refractivity contribution in [3.63, 3.8) is 0 Å². The quantitative estimate of drug-likeness (QED) is 0.858. The molecule has 0 atom stereocenters. The number of allylic oxidation sites excluding steroid dienone is 1. The third kappa shape index (κ3) is 2.97. The molecule has 88 valence electrons. The molecule has 3 heteroatoms. The van der Waals surface area contributed by atoms with Gasteiger partial charge in [-0.3, -0.25) is 4.79 Å². The highest BCUT2D eigenvalue weighted by molar-refractivity contribution is 5.93. The molecule has 0 radical (unpaired) electrons. The number of nitrogens with zero attached hydrogens (tertiary/aromatic N) is 1. The number of nitrogens with one attached hydrogen (secondary N) is 1. The highest BCUT2D eigenvalue weighted by Crippen LogP contribution is 2.15. The lowest BCUT2D eigenvalue weighted by molar-refractivity contribution is -0.117. The Hall–Kier alpha value is -2.03. The molecule has 0 saturated carbocycles. The van der Waals surface area contributed by atoms with E-state index in [1.165, 1.54) is 5.56 Å². The molecule has 1 aromatic carbocycles. The zero-order valence-electron chi connectivity index (χ0n) is 9.89. The maximum absolute atomic E-state index is 11.5. The summed E-state index contributed by atoms with van der Waals surface area (Å²) in [5.41, 5.74) is 2.03. The van der Waals surface area contributed by atoms with E-state index in [0.717, 1.165) is 12.1 Å². The van der Waals surface area contributed by atoms with Crippen molar-refractivity contribution >= 4 is 5.91 Å². The van der Waals surface area contributed by atoms with Crippen LogP contribution in [0, 0.1) is 0 Å². The Morgan fingerprint density at radius 2 is 2.12 bits per heavy atom. The molecule has 0 saturated heterocycles. The summed E-state index contributed by atoms with van der Waals surface area (Å²) in [7, 11) is 1.66. The normalized spacial score (nSPS) is 14.4. The highest BCUT2D eigenvalue weighted by Gasteiger charge is 2.11. The maximum atomic E-state index is 11.5. The van der Waals surface area contributed by atoms with Crippen LogP contribution in [-0.4, -0.2) is 17.9 Å². The van der Waals surface area contributed by atoms with E-state index >= 15 is 0 Å². The Kier molecular flexibility index (Phi) is 3.60. The summed E-state index contributed by atoms with van der Waals surface area (Å²) in [6, 6.07) is 10.2. The van der Waals surface area contributed by atoms with E-state index in [9.17, 15) is 4.79 Å². The number of amides is 1. The average Bonchev–Trinajstić information content (AvgIpc) is 2.39. The van der Waals surface area contributed by atoms with Crippen LogP contribution in [0.15, 0.2) is 54.4 Å². The molecule has 17 heavy (non-hydrogen) atoms. The zero-order valence-corrected chi connectivity index (χ0v) is 9.89. The molecule has 2 rings (SSSR count). The van der Waals surface area contributed by atoms with Gasteiger partial charge in [0.25, 0.3) is 0 Å². The predicted octanol–water partition coefficient (Wildman–Crippen LogP) is 2.04. The van der Waals surface area contributed by atoms with Gasteiger partial charge < -0.3 is 10.2 Å². The fourth-order valence-corrected chi connectivity index (χ4v) is 1.82. The Labute approximate surface area is 101 Å². The van der Waals surface area contributed by atoms with E-state index in [0.29, 0.717) is 6.42 Å². The van der Waals surface area contributed by atoms with Gasteiger partial charge in [0.1, 0.15) is 0 Å². The fraction of sp³-hybridized carbons (Fsp3) is 0.214. The first-order valence-electron chi connectivity index (χ1n) is 5.68. The number of likely N-dealkylation sites (N-methyl/N-ethyl adjacent to an activating group) is 1. The van der Waals surface area contributed by atoms with Gasteiger partial charge >= 0.3 is 0 Å². The molecule has 0 fully saturated rings. The van der Waals surface area contributed by atoms with Crippen molar-refractivity contribution in [3.05, 3.63) is 59.9 Å². The first-order chi connectivity index (χ1) is 8.29. The molecule has 1 aliphatic rings. The molecular weight excluding hydrogens is 212 g/mol. The zero-order chi connectivity index (χ0) is 12.1. The summed E-state index contributed by atoms with van der Waals surface area (Å²) in [6.07, 6.45) is 6.63. The topological polar surface area (TPSA) is 32.3 Å². The smallest absolute Gasteiger partial charge is 0.248 e. The van der Waals surface area contributed by atoms with Crippen molar-refractivity contribution in [2.45, 2.75) is 13.0 Å². The Morgan fingerprint density at radius 3 is 2.82 bits per heavy atom. The minimum absolute atomic E-state index is 0.00703. The lowest BCUT2D eigenvalue weighted by atomic mass is 10.1. The third-order valence-corrected chi connectivity index (χ3v) is 2.68. The van der Waals surface area contributed by atoms with Crippen LogP contribution in [0.3, 0.4) is 0 Å². The van der Waals surface area contributed by atoms with Gasteiger partial charge in [0.2, 0.25) is 5.91 Å². The van der Waals surface area contributed by atoms with Crippen LogP contribution >= 0.6 is 0 Å². The molecule has 3 nitrogen and oxygen atoms in total. The summed E-state index contributed by atoms with van der Waals surface area (Å²) in [6.45, 7) is 0.790. The summed E-state index contributed by atoms with van der Waals surface area (Å²) < 4.78 is 0. The van der Waals surface area contributed by atoms with Crippen LogP contribution in [0.4, 0.5) is 0 Å². The monoisotopic (exact) mass is 228 g/mol. The summed E-state index contributed by atoms with van der Waals surface area (Å²) in [4.78, 5) is 13.6. The second kappa shape index (κ2) is 5.34. The van der Waals surface area contributed by atoms with Crippen LogP contribution < -0.4 is 5.32 Å². The number of hydrogen-bond acceptors (Lipinski definition) is 2. The van der Waals surface area contributed by atoms with Gasteiger partial charge in [-0.2, -0.15) is 0 Å².